The summed E-state index contributed by atoms with van der Waals surface area (Å²) in [6.45, 7) is 22.7. The van der Waals surface area contributed by atoms with Crippen LogP contribution in [0.25, 0.3) is 170 Å². The minimum Gasteiger partial charge on any atom is -0.455 e. The zero-order chi connectivity index (χ0) is 105. The fraction of sp³-hybridized carbons (Fsp3) is 0.109. The SMILES string of the molecule is [2H]c1c([2H])c(-n2c3c([2H])c([2H])c([2H])c([2H])c3c3c([2H])c(-c4ccccc4)c([2H])c([2H])c32)c([2H])c2c1B1c3c(cc(C(C)(C)C)cc3N(c3c(-c4ccccc4)c([2H])c(C(C)(C)C)c4c3oc3c([2H])c([2H])c([N+]#[C-])c([2H])c34)c3c([2H])c(-n4c5c([2H])c([2H])c([2H])c([2H])c5c5c([2H])c(-c6cccc7c6oc6ccccc67)c([2H])c([2H])c54)c([2H])c([2H])c31)N2c1c(-c2ccccc2)c([2H])c(C(C)(C)C)c2c1oc1c([2H])c([2H])c(C#N)c([2H])c12. The number of rotatable bonds is 8. The highest BCUT2D eigenvalue weighted by molar-refractivity contribution is 7.00. The molecule has 0 spiro atoms. The van der Waals surface area contributed by atoms with Crippen molar-refractivity contribution in [2.24, 2.45) is 0 Å². The lowest BCUT2D eigenvalue weighted by atomic mass is 9.33. The summed E-state index contributed by atoms with van der Waals surface area (Å²) >= 11 is 0. The van der Waals surface area contributed by atoms with Crippen LogP contribution in [0.3, 0.4) is 0 Å². The molecule has 0 saturated heterocycles. The lowest BCUT2D eigenvalue weighted by Crippen LogP contribution is -2.61. The normalized spacial score (nSPS) is 16.2. The van der Waals surface area contributed by atoms with Gasteiger partial charge < -0.3 is 32.2 Å². The highest BCUT2D eigenvalue weighted by Crippen LogP contribution is 2.58. The van der Waals surface area contributed by atoms with Gasteiger partial charge in [-0.2, -0.15) is 5.26 Å². The molecule has 16 aromatic carbocycles. The summed E-state index contributed by atoms with van der Waals surface area (Å²) in [5, 5.41) is 10.1. The topological polar surface area (TPSA) is 83.9 Å². The van der Waals surface area contributed by atoms with E-state index in [-0.39, 0.29) is 145 Å². The molecular formula is C110H79BN6O3. The van der Waals surface area contributed by atoms with Crippen molar-refractivity contribution in [1.29, 1.82) is 5.26 Å². The van der Waals surface area contributed by atoms with Crippen LogP contribution in [-0.4, -0.2) is 15.8 Å². The molecule has 0 saturated carbocycles. The van der Waals surface area contributed by atoms with Gasteiger partial charge in [-0.05, 0) is 198 Å². The fourth-order valence-electron chi connectivity index (χ4n) is 17.6. The van der Waals surface area contributed by atoms with Gasteiger partial charge in [0.05, 0.1) is 87.3 Å². The third-order valence-electron chi connectivity index (χ3n) is 23.0. The first-order valence-electron chi connectivity index (χ1n) is 53.2. The minimum atomic E-state index is -2.05. The van der Waals surface area contributed by atoms with Crippen LogP contribution in [0.5, 0.6) is 0 Å². The van der Waals surface area contributed by atoms with E-state index < -0.39 is 274 Å². The number of furan rings is 3. The van der Waals surface area contributed by atoms with Gasteiger partial charge in [-0.15, -0.1) is 0 Å². The van der Waals surface area contributed by atoms with Gasteiger partial charge >= 0.3 is 0 Å². The molecule has 0 unspecified atom stereocenters. The maximum atomic E-state index is 12.1. The van der Waals surface area contributed by atoms with Crippen molar-refractivity contribution < 1.29 is 51.6 Å². The molecule has 570 valence electrons. The van der Waals surface area contributed by atoms with Gasteiger partial charge in [0.25, 0.3) is 6.71 Å². The van der Waals surface area contributed by atoms with E-state index in [1.165, 1.54) is 9.80 Å². The van der Waals surface area contributed by atoms with Gasteiger partial charge in [-0.3, -0.25) is 0 Å². The lowest BCUT2D eigenvalue weighted by molar-refractivity contribution is 0.590. The molecule has 5 aromatic heterocycles. The Labute approximate surface area is 734 Å². The number of benzene rings is 16. The molecule has 0 N–H and O–H groups in total. The Bertz CT molecular complexity index is 9640. The van der Waals surface area contributed by atoms with Crippen molar-refractivity contribution >= 4 is 172 Å². The average molecular weight is 1570 g/mol. The van der Waals surface area contributed by atoms with Crippen LogP contribution in [-0.2, 0) is 16.2 Å². The Hall–Kier alpha value is -14.8. The Kier molecular flexibility index (Phi) is 10.2. The summed E-state index contributed by atoms with van der Waals surface area (Å²) < 4.78 is 317. The summed E-state index contributed by atoms with van der Waals surface area (Å²) in [4.78, 5) is 6.56. The van der Waals surface area contributed by atoms with Crippen LogP contribution in [0.1, 0.15) is 123 Å². The second-order valence-electron chi connectivity index (χ2n) is 33.4. The van der Waals surface area contributed by atoms with Crippen LogP contribution in [0.4, 0.5) is 39.8 Å². The van der Waals surface area contributed by atoms with Crippen LogP contribution in [0, 0.1) is 17.9 Å². The van der Waals surface area contributed by atoms with Crippen LogP contribution >= 0.6 is 0 Å². The van der Waals surface area contributed by atoms with Gasteiger partial charge in [0.15, 0.2) is 16.9 Å². The number of fused-ring (bicyclic) bond motifs is 19. The Morgan fingerprint density at radius 2 is 0.858 bits per heavy atom. The zero-order valence-corrected chi connectivity index (χ0v) is 65.8. The van der Waals surface area contributed by atoms with Crippen molar-refractivity contribution in [3.63, 3.8) is 0 Å². The van der Waals surface area contributed by atoms with Crippen molar-refractivity contribution in [3.8, 4) is 62.0 Å². The molecule has 0 bridgehead atoms. The predicted molar refractivity (Wildman–Crippen MR) is 500 cm³/mol. The van der Waals surface area contributed by atoms with E-state index in [1.807, 2.05) is 32.9 Å². The fourth-order valence-corrected chi connectivity index (χ4v) is 17.6. The number of anilines is 6. The van der Waals surface area contributed by atoms with E-state index in [0.29, 0.717) is 16.4 Å². The second kappa shape index (κ2) is 25.8. The van der Waals surface area contributed by atoms with Crippen molar-refractivity contribution in [1.82, 2.24) is 9.13 Å². The Morgan fingerprint density at radius 3 is 1.40 bits per heavy atom. The van der Waals surface area contributed by atoms with Gasteiger partial charge in [0.1, 0.15) is 22.3 Å². The third-order valence-corrected chi connectivity index (χ3v) is 23.0. The first-order valence-corrected chi connectivity index (χ1v) is 39.2. The predicted octanol–water partition coefficient (Wildman–Crippen LogP) is 28.6. The largest absolute Gasteiger partial charge is 0.455 e. The van der Waals surface area contributed by atoms with E-state index >= 15 is 0 Å². The number of para-hydroxylation sites is 4. The standard InChI is InChI=1S/C110H79BN6O3/c1-108(2,3)70-56-95-102-96(57-70)117(104-80(67-31-18-13-19-32-67)62-86(110(7,8)9)101-84-58-71(113-10)44-52-99(84)120-107(101)104)94-60-73(115-90-39-24-21-34-76(90)82-55-69(43-50-92(82)115)74-36-26-37-78-77-35-22-25-40-97(77)118-105(74)78)46-48-88(94)111(102)87-47-45-72(114-89-38-23-20-33-75(89)81-54-68(42-49-91(81)114)65-27-14-11-15-28-65)59-93(87)116(95)103-79(66-29-16-12-17-30-66)61-85(109(4,5)6)100-83-53-64(63-112)41-51-98(83)119-106(100)103/h11-62H,1-9H3/i20D,21D,23D,24D,33D,34D,38D,39D,41D,42D,43D,44D,45D,46D,47D,48D,49D,50D,51D,52D,53D,54D,55D,58D,59D,60D,61D,62D. The number of aromatic nitrogens is 2. The molecule has 23 rings (SSSR count). The highest BCUT2D eigenvalue weighted by atomic mass is 16.3. The number of nitriles is 1. The zero-order valence-electron chi connectivity index (χ0n) is 93.8. The molecule has 2 aliphatic heterocycles. The van der Waals surface area contributed by atoms with Crippen LogP contribution in [0.2, 0.25) is 0 Å². The summed E-state index contributed by atoms with van der Waals surface area (Å²) in [5.41, 5.74) is -11.8. The molecule has 21 aromatic rings. The quantitative estimate of drug-likeness (QED) is 0.111. The highest BCUT2D eigenvalue weighted by Gasteiger charge is 2.48. The Balaban J connectivity index is 0.993. The Morgan fingerprint density at radius 1 is 0.375 bits per heavy atom. The van der Waals surface area contributed by atoms with Gasteiger partial charge in [0.2, 0.25) is 0 Å². The van der Waals surface area contributed by atoms with Gasteiger partial charge in [-0.25, -0.2) is 4.85 Å². The lowest BCUT2D eigenvalue weighted by Gasteiger charge is -2.46. The monoisotopic (exact) mass is 1570 g/mol. The second-order valence-corrected chi connectivity index (χ2v) is 33.4. The first kappa shape index (κ1) is 47.4. The molecule has 7 heterocycles. The molecule has 9 nitrogen and oxygen atoms in total. The molecule has 2 aliphatic rings. The van der Waals surface area contributed by atoms with E-state index in [0.717, 1.165) is 9.13 Å². The number of hydrogen-bond acceptors (Lipinski definition) is 6. The van der Waals surface area contributed by atoms with Crippen molar-refractivity contribution in [2.45, 2.75) is 78.6 Å². The van der Waals surface area contributed by atoms with E-state index in [2.05, 4.69) is 4.85 Å². The van der Waals surface area contributed by atoms with Crippen LogP contribution < -0.4 is 26.2 Å². The molecule has 120 heavy (non-hydrogen) atoms. The third kappa shape index (κ3) is 10.5. The van der Waals surface area contributed by atoms with Crippen molar-refractivity contribution in [2.75, 3.05) is 9.80 Å². The molecule has 0 aliphatic carbocycles. The molecule has 0 radical (unpaired) electrons. The molecule has 0 fully saturated rings. The first-order chi connectivity index (χ1) is 70.1. The van der Waals surface area contributed by atoms with Gasteiger partial charge in [-0.1, -0.05) is 256 Å². The minimum absolute atomic E-state index is 0.0741. The van der Waals surface area contributed by atoms with E-state index in [1.54, 1.807) is 181 Å². The maximum absolute atomic E-state index is 12.1. The summed E-state index contributed by atoms with van der Waals surface area (Å²) in [5.74, 6) is 0. The van der Waals surface area contributed by atoms with Gasteiger partial charge in [0, 0.05) is 107 Å². The van der Waals surface area contributed by atoms with Crippen molar-refractivity contribution in [3.05, 3.63) is 348 Å². The summed E-state index contributed by atoms with van der Waals surface area (Å²) in [6, 6.07) is 21.3. The average Bonchev–Trinajstić information content (AvgIpc) is 1.14. The number of hydrogen-bond donors (Lipinski definition) is 0. The maximum Gasteiger partial charge on any atom is 0.252 e. The molecule has 10 heteroatoms. The van der Waals surface area contributed by atoms with E-state index in [4.69, 9.17) is 19.8 Å². The van der Waals surface area contributed by atoms with Crippen LogP contribution in [0.15, 0.2) is 328 Å². The molecule has 0 atom stereocenters. The van der Waals surface area contributed by atoms with E-state index in [9.17, 15) is 43.6 Å². The summed E-state index contributed by atoms with van der Waals surface area (Å²) in [7, 11) is 0. The smallest absolute Gasteiger partial charge is 0.252 e. The molecule has 0 amide bonds. The molecular weight excluding hydrogens is 1460 g/mol. The summed E-state index contributed by atoms with van der Waals surface area (Å²) in [6.07, 6.45) is 0. The number of nitrogens with zero attached hydrogens (tertiary/aromatic N) is 6.